The number of amides is 1. The van der Waals surface area contributed by atoms with E-state index in [1.807, 2.05) is 36.4 Å². The molecule has 0 bridgehead atoms. The van der Waals surface area contributed by atoms with Crippen LogP contribution in [0.1, 0.15) is 16.1 Å². The third-order valence-electron chi connectivity index (χ3n) is 2.37. The Morgan fingerprint density at radius 1 is 1.24 bits per heavy atom. The fourth-order valence-electron chi connectivity index (χ4n) is 1.43. The van der Waals surface area contributed by atoms with Crippen LogP contribution in [0.2, 0.25) is 0 Å². The number of hydrogen-bond donors (Lipinski definition) is 2. The van der Waals surface area contributed by atoms with E-state index in [2.05, 4.69) is 36.7 Å². The highest BCUT2D eigenvalue weighted by Gasteiger charge is 2.05. The Morgan fingerprint density at radius 3 is 2.67 bits per heavy atom. The van der Waals surface area contributed by atoms with E-state index in [1.54, 1.807) is 0 Å². The molecule has 2 N–H and O–H groups in total. The summed E-state index contributed by atoms with van der Waals surface area (Å²) in [5.74, 6) is -0.512. The molecule has 106 valence electrons. The van der Waals surface area contributed by atoms with Crippen molar-refractivity contribution in [3.63, 3.8) is 0 Å². The second-order valence-electron chi connectivity index (χ2n) is 3.95. The molecule has 1 heterocycles. The minimum atomic E-state index is -0.512. The summed E-state index contributed by atoms with van der Waals surface area (Å²) in [6, 6.07) is 12.2. The molecule has 6 nitrogen and oxygen atoms in total. The number of hydrogen-bond acceptors (Lipinski definition) is 4. The molecule has 21 heavy (non-hydrogen) atoms. The maximum Gasteiger partial charge on any atom is 0.291 e. The largest absolute Gasteiger partial charge is 0.291 e. The highest BCUT2D eigenvalue weighted by atomic mass is 79.9. The SMILES string of the molecule is O=C(NN=CC(Br)=Cc1ccccc1)c1ccc(=O)[nH]n1. The number of aromatic amines is 1. The van der Waals surface area contributed by atoms with Gasteiger partial charge in [0.1, 0.15) is 0 Å². The van der Waals surface area contributed by atoms with E-state index >= 15 is 0 Å². The molecule has 0 aliphatic carbocycles. The third kappa shape index (κ3) is 4.81. The molecular formula is C14H11BrN4O2. The van der Waals surface area contributed by atoms with Gasteiger partial charge in [-0.15, -0.1) is 0 Å². The number of carbonyl (C=O) groups is 1. The molecule has 0 saturated heterocycles. The summed E-state index contributed by atoms with van der Waals surface area (Å²) in [5, 5.41) is 9.56. The van der Waals surface area contributed by atoms with Gasteiger partial charge in [-0.1, -0.05) is 30.3 Å². The van der Waals surface area contributed by atoms with Crippen molar-refractivity contribution in [1.29, 1.82) is 0 Å². The zero-order valence-electron chi connectivity index (χ0n) is 10.8. The molecule has 0 spiro atoms. The molecule has 2 rings (SSSR count). The van der Waals surface area contributed by atoms with Crippen LogP contribution >= 0.6 is 15.9 Å². The van der Waals surface area contributed by atoms with Crippen LogP contribution in [0.15, 0.2) is 56.8 Å². The van der Waals surface area contributed by atoms with Crippen molar-refractivity contribution in [1.82, 2.24) is 15.6 Å². The van der Waals surface area contributed by atoms with E-state index in [9.17, 15) is 9.59 Å². The molecule has 0 atom stereocenters. The topological polar surface area (TPSA) is 87.2 Å². The van der Waals surface area contributed by atoms with Crippen LogP contribution in [0.25, 0.3) is 6.08 Å². The number of rotatable bonds is 4. The fourth-order valence-corrected chi connectivity index (χ4v) is 1.79. The van der Waals surface area contributed by atoms with Crippen LogP contribution in [0, 0.1) is 0 Å². The van der Waals surface area contributed by atoms with Crippen molar-refractivity contribution in [3.05, 3.63) is 68.6 Å². The second kappa shape index (κ2) is 7.30. The fraction of sp³-hybridized carbons (Fsp3) is 0. The maximum absolute atomic E-state index is 11.7. The van der Waals surface area contributed by atoms with E-state index in [0.717, 1.165) is 5.56 Å². The van der Waals surface area contributed by atoms with E-state index < -0.39 is 5.91 Å². The minimum absolute atomic E-state index is 0.0786. The molecule has 1 aromatic carbocycles. The molecular weight excluding hydrogens is 336 g/mol. The van der Waals surface area contributed by atoms with Gasteiger partial charge in [0.2, 0.25) is 0 Å². The first-order chi connectivity index (χ1) is 10.1. The van der Waals surface area contributed by atoms with Gasteiger partial charge in [-0.2, -0.15) is 10.2 Å². The van der Waals surface area contributed by atoms with Crippen molar-refractivity contribution >= 4 is 34.1 Å². The average Bonchev–Trinajstić information content (AvgIpc) is 2.49. The maximum atomic E-state index is 11.7. The summed E-state index contributed by atoms with van der Waals surface area (Å²) in [6.07, 6.45) is 3.31. The highest BCUT2D eigenvalue weighted by Crippen LogP contribution is 2.09. The van der Waals surface area contributed by atoms with E-state index in [0.29, 0.717) is 4.48 Å². The lowest BCUT2D eigenvalue weighted by molar-refractivity contribution is 0.0949. The smallest absolute Gasteiger partial charge is 0.268 e. The molecule has 1 aromatic heterocycles. The summed E-state index contributed by atoms with van der Waals surface area (Å²) in [6.45, 7) is 0. The molecule has 0 radical (unpaired) electrons. The second-order valence-corrected chi connectivity index (χ2v) is 4.86. The zero-order valence-corrected chi connectivity index (χ0v) is 12.4. The summed E-state index contributed by atoms with van der Waals surface area (Å²) in [7, 11) is 0. The van der Waals surface area contributed by atoms with Gasteiger partial charge in [-0.3, -0.25) is 9.59 Å². The van der Waals surface area contributed by atoms with Crippen molar-refractivity contribution in [3.8, 4) is 0 Å². The summed E-state index contributed by atoms with van der Waals surface area (Å²) in [5.41, 5.74) is 3.02. The Hall–Kier alpha value is -2.54. The van der Waals surface area contributed by atoms with Crippen LogP contribution in [0.3, 0.4) is 0 Å². The molecule has 0 saturated carbocycles. The predicted molar refractivity (Wildman–Crippen MR) is 84.2 cm³/mol. The lowest BCUT2D eigenvalue weighted by atomic mass is 10.2. The predicted octanol–water partition coefficient (Wildman–Crippen LogP) is 1.92. The van der Waals surface area contributed by atoms with Gasteiger partial charge >= 0.3 is 0 Å². The van der Waals surface area contributed by atoms with Crippen LogP contribution < -0.4 is 11.0 Å². The number of benzene rings is 1. The summed E-state index contributed by atoms with van der Waals surface area (Å²) >= 11 is 3.33. The van der Waals surface area contributed by atoms with Crippen LogP contribution in [-0.4, -0.2) is 22.3 Å². The van der Waals surface area contributed by atoms with Crippen LogP contribution in [-0.2, 0) is 0 Å². The Balaban J connectivity index is 1.96. The molecule has 1 amide bonds. The Kier molecular flexibility index (Phi) is 5.16. The van der Waals surface area contributed by atoms with Crippen LogP contribution in [0.4, 0.5) is 0 Å². The van der Waals surface area contributed by atoms with Crippen molar-refractivity contribution in [2.24, 2.45) is 5.10 Å². The monoisotopic (exact) mass is 346 g/mol. The van der Waals surface area contributed by atoms with Gasteiger partial charge in [0.25, 0.3) is 11.5 Å². The minimum Gasteiger partial charge on any atom is -0.268 e. The first-order valence-electron chi connectivity index (χ1n) is 5.96. The molecule has 2 aromatic rings. The van der Waals surface area contributed by atoms with Crippen LogP contribution in [0.5, 0.6) is 0 Å². The first kappa shape index (κ1) is 14.9. The third-order valence-corrected chi connectivity index (χ3v) is 2.80. The lowest BCUT2D eigenvalue weighted by Crippen LogP contribution is -2.21. The van der Waals surface area contributed by atoms with Gasteiger partial charge in [-0.05, 0) is 33.6 Å². The van der Waals surface area contributed by atoms with E-state index in [1.165, 1.54) is 18.3 Å². The number of halogens is 1. The van der Waals surface area contributed by atoms with Gasteiger partial charge in [0.05, 0.1) is 6.21 Å². The Labute approximate surface area is 128 Å². The number of nitrogens with one attached hydrogen (secondary N) is 2. The molecule has 0 fully saturated rings. The summed E-state index contributed by atoms with van der Waals surface area (Å²) in [4.78, 5) is 22.5. The van der Waals surface area contributed by atoms with Gasteiger partial charge in [0, 0.05) is 10.5 Å². The van der Waals surface area contributed by atoms with Crippen molar-refractivity contribution in [2.75, 3.05) is 0 Å². The molecule has 0 aliphatic heterocycles. The van der Waals surface area contributed by atoms with E-state index in [4.69, 9.17) is 0 Å². The normalized spacial score (nSPS) is 11.6. The number of hydrazone groups is 1. The summed E-state index contributed by atoms with van der Waals surface area (Å²) < 4.78 is 0.698. The van der Waals surface area contributed by atoms with Gasteiger partial charge in [-0.25, -0.2) is 10.5 Å². The van der Waals surface area contributed by atoms with Gasteiger partial charge in [0.15, 0.2) is 5.69 Å². The quantitative estimate of drug-likeness (QED) is 0.654. The number of carbonyl (C=O) groups excluding carboxylic acids is 1. The number of H-pyrrole nitrogens is 1. The van der Waals surface area contributed by atoms with Gasteiger partial charge < -0.3 is 0 Å². The lowest BCUT2D eigenvalue weighted by Gasteiger charge is -1.97. The zero-order chi connectivity index (χ0) is 15.1. The number of allylic oxidation sites excluding steroid dienone is 1. The number of aromatic nitrogens is 2. The molecule has 0 aliphatic rings. The highest BCUT2D eigenvalue weighted by molar-refractivity contribution is 9.12. The Bertz CT molecular complexity index is 718. The molecule has 0 unspecified atom stereocenters. The van der Waals surface area contributed by atoms with E-state index in [-0.39, 0.29) is 11.3 Å². The standard InChI is InChI=1S/C14H11BrN4O2/c15-11(8-10-4-2-1-3-5-10)9-16-19-14(21)12-6-7-13(20)18-17-12/h1-9H,(H,18,20)(H,19,21). The molecule has 7 heteroatoms. The number of nitrogens with zero attached hydrogens (tertiary/aromatic N) is 2. The van der Waals surface area contributed by atoms with Crippen molar-refractivity contribution in [2.45, 2.75) is 0 Å². The first-order valence-corrected chi connectivity index (χ1v) is 6.76. The van der Waals surface area contributed by atoms with Crippen molar-refractivity contribution < 1.29 is 4.79 Å². The Morgan fingerprint density at radius 2 is 2.00 bits per heavy atom. The average molecular weight is 347 g/mol.